The number of fused-ring (bicyclic) bond motifs is 1. The molecule has 2 rings (SSSR count). The van der Waals surface area contributed by atoms with E-state index in [9.17, 15) is 13.2 Å². The first kappa shape index (κ1) is 10.4. The summed E-state index contributed by atoms with van der Waals surface area (Å²) in [5.41, 5.74) is 0.700. The third-order valence-corrected chi connectivity index (χ3v) is 2.53. The van der Waals surface area contributed by atoms with E-state index >= 15 is 0 Å². The molecule has 0 bridgehead atoms. The maximum Gasteiger partial charge on any atom is 0.433 e. The van der Waals surface area contributed by atoms with Crippen LogP contribution in [0, 0.1) is 0 Å². The topological polar surface area (TPSA) is 16.1 Å². The Kier molecular flexibility index (Phi) is 2.42. The summed E-state index contributed by atoms with van der Waals surface area (Å²) in [5.74, 6) is 0. The van der Waals surface area contributed by atoms with E-state index < -0.39 is 11.9 Å². The molecule has 2 nitrogen and oxygen atoms in total. The van der Waals surface area contributed by atoms with Gasteiger partial charge in [-0.2, -0.15) is 13.2 Å². The molecule has 0 unspecified atom stereocenters. The van der Waals surface area contributed by atoms with Crippen LogP contribution in [0.1, 0.15) is 17.0 Å². The molecule has 0 spiro atoms. The van der Waals surface area contributed by atoms with E-state index in [-0.39, 0.29) is 0 Å². The van der Waals surface area contributed by atoms with Gasteiger partial charge in [-0.15, -0.1) is 0 Å². The molecule has 1 aliphatic rings. The van der Waals surface area contributed by atoms with Crippen molar-refractivity contribution in [2.24, 2.45) is 0 Å². The van der Waals surface area contributed by atoms with Gasteiger partial charge in [0.2, 0.25) is 0 Å². The molecule has 1 aliphatic heterocycles. The highest BCUT2D eigenvalue weighted by Gasteiger charge is 2.33. The Balaban J connectivity index is 2.35. The van der Waals surface area contributed by atoms with Crippen molar-refractivity contribution >= 4 is 0 Å². The summed E-state index contributed by atoms with van der Waals surface area (Å²) >= 11 is 0. The molecule has 0 radical (unpaired) electrons. The fourth-order valence-electron chi connectivity index (χ4n) is 1.72. The quantitative estimate of drug-likeness (QED) is 0.660. The Morgan fingerprint density at radius 3 is 2.73 bits per heavy atom. The molecule has 82 valence electrons. The van der Waals surface area contributed by atoms with Crippen LogP contribution in [0.2, 0.25) is 0 Å². The van der Waals surface area contributed by atoms with E-state index in [1.165, 1.54) is 6.07 Å². The number of hydrogen-bond acceptors (Lipinski definition) is 2. The Hall–Kier alpha value is -1.10. The Bertz CT molecular complexity index is 373. The maximum absolute atomic E-state index is 12.4. The summed E-state index contributed by atoms with van der Waals surface area (Å²) in [6.45, 7) is 1.45. The first-order valence-corrected chi connectivity index (χ1v) is 4.71. The molecule has 0 N–H and O–H groups in total. The van der Waals surface area contributed by atoms with Gasteiger partial charge in [0.25, 0.3) is 0 Å². The smallest absolute Gasteiger partial charge is 0.302 e. The lowest BCUT2D eigenvalue weighted by Gasteiger charge is -2.24. The van der Waals surface area contributed by atoms with Gasteiger partial charge in [-0.1, -0.05) is 6.07 Å². The first-order valence-electron chi connectivity index (χ1n) is 4.71. The normalized spacial score (nSPS) is 17.6. The minimum Gasteiger partial charge on any atom is -0.302 e. The monoisotopic (exact) mass is 216 g/mol. The second kappa shape index (κ2) is 3.48. The van der Waals surface area contributed by atoms with Gasteiger partial charge in [0.05, 0.1) is 0 Å². The lowest BCUT2D eigenvalue weighted by Crippen LogP contribution is -2.28. The van der Waals surface area contributed by atoms with Crippen LogP contribution in [-0.2, 0) is 19.1 Å². The zero-order valence-corrected chi connectivity index (χ0v) is 8.30. The summed E-state index contributed by atoms with van der Waals surface area (Å²) in [6.07, 6.45) is -3.74. The molecule has 0 aliphatic carbocycles. The third kappa shape index (κ3) is 2.12. The van der Waals surface area contributed by atoms with Gasteiger partial charge in [0, 0.05) is 25.2 Å². The molecule has 0 fully saturated rings. The highest BCUT2D eigenvalue weighted by molar-refractivity contribution is 5.26. The van der Waals surface area contributed by atoms with E-state index in [2.05, 4.69) is 9.88 Å². The van der Waals surface area contributed by atoms with Crippen molar-refractivity contribution in [3.63, 3.8) is 0 Å². The van der Waals surface area contributed by atoms with Crippen molar-refractivity contribution in [2.75, 3.05) is 13.6 Å². The van der Waals surface area contributed by atoms with Crippen LogP contribution in [0.15, 0.2) is 12.1 Å². The minimum atomic E-state index is -4.33. The summed E-state index contributed by atoms with van der Waals surface area (Å²) < 4.78 is 37.1. The highest BCUT2D eigenvalue weighted by atomic mass is 19.4. The predicted octanol–water partition coefficient (Wildman–Crippen LogP) is 2.09. The van der Waals surface area contributed by atoms with Crippen molar-refractivity contribution in [3.8, 4) is 0 Å². The molecule has 1 aromatic heterocycles. The van der Waals surface area contributed by atoms with E-state index in [4.69, 9.17) is 0 Å². The SMILES string of the molecule is CN1CCc2nc(C(F)(F)F)ccc2C1. The number of pyridine rings is 1. The summed E-state index contributed by atoms with van der Waals surface area (Å²) in [7, 11) is 1.95. The van der Waals surface area contributed by atoms with Gasteiger partial charge < -0.3 is 4.90 Å². The number of aromatic nitrogens is 1. The van der Waals surface area contributed by atoms with Crippen molar-refractivity contribution in [2.45, 2.75) is 19.1 Å². The van der Waals surface area contributed by atoms with E-state index in [0.717, 1.165) is 18.2 Å². The second-order valence-corrected chi connectivity index (χ2v) is 3.79. The number of halogens is 3. The standard InChI is InChI=1S/C10H11F3N2/c1-15-5-4-8-7(6-15)2-3-9(14-8)10(11,12)13/h2-3H,4-6H2,1H3. The summed E-state index contributed by atoms with van der Waals surface area (Å²) in [6, 6.07) is 2.58. The molecule has 0 aromatic carbocycles. The zero-order valence-electron chi connectivity index (χ0n) is 8.30. The molecule has 0 saturated heterocycles. The predicted molar refractivity (Wildman–Crippen MR) is 49.3 cm³/mol. The zero-order chi connectivity index (χ0) is 11.1. The Labute approximate surface area is 85.7 Å². The third-order valence-electron chi connectivity index (χ3n) is 2.53. The van der Waals surface area contributed by atoms with Crippen LogP contribution in [0.5, 0.6) is 0 Å². The minimum absolute atomic E-state index is 0.586. The van der Waals surface area contributed by atoms with E-state index in [1.807, 2.05) is 7.05 Å². The van der Waals surface area contributed by atoms with Crippen LogP contribution in [0.3, 0.4) is 0 Å². The van der Waals surface area contributed by atoms with Crippen LogP contribution in [-0.4, -0.2) is 23.5 Å². The maximum atomic E-state index is 12.4. The Morgan fingerprint density at radius 2 is 2.07 bits per heavy atom. The van der Waals surface area contributed by atoms with Gasteiger partial charge in [-0.25, -0.2) is 4.98 Å². The van der Waals surface area contributed by atoms with Gasteiger partial charge >= 0.3 is 6.18 Å². The van der Waals surface area contributed by atoms with Crippen LogP contribution < -0.4 is 0 Å². The molecule has 5 heteroatoms. The van der Waals surface area contributed by atoms with Gasteiger partial charge in [0.15, 0.2) is 0 Å². The number of likely N-dealkylation sites (N-methyl/N-ethyl adjacent to an activating group) is 1. The highest BCUT2D eigenvalue weighted by Crippen LogP contribution is 2.29. The number of hydrogen-bond donors (Lipinski definition) is 0. The summed E-state index contributed by atoms with van der Waals surface area (Å²) in [5, 5.41) is 0. The fourth-order valence-corrected chi connectivity index (χ4v) is 1.72. The van der Waals surface area contributed by atoms with Crippen LogP contribution >= 0.6 is 0 Å². The van der Waals surface area contributed by atoms with Crippen molar-refractivity contribution in [1.29, 1.82) is 0 Å². The average molecular weight is 216 g/mol. The lowest BCUT2D eigenvalue weighted by molar-refractivity contribution is -0.141. The number of rotatable bonds is 0. The molecule has 0 atom stereocenters. The van der Waals surface area contributed by atoms with E-state index in [1.54, 1.807) is 0 Å². The molecular formula is C10H11F3N2. The largest absolute Gasteiger partial charge is 0.433 e. The molecular weight excluding hydrogens is 205 g/mol. The van der Waals surface area contributed by atoms with E-state index in [0.29, 0.717) is 18.7 Å². The molecule has 0 saturated carbocycles. The fraction of sp³-hybridized carbons (Fsp3) is 0.500. The summed E-state index contributed by atoms with van der Waals surface area (Å²) in [4.78, 5) is 5.73. The van der Waals surface area contributed by atoms with Gasteiger partial charge in [-0.05, 0) is 18.7 Å². The second-order valence-electron chi connectivity index (χ2n) is 3.79. The van der Waals surface area contributed by atoms with Crippen LogP contribution in [0.4, 0.5) is 13.2 Å². The number of nitrogens with zero attached hydrogens (tertiary/aromatic N) is 2. The molecule has 15 heavy (non-hydrogen) atoms. The van der Waals surface area contributed by atoms with Crippen molar-refractivity contribution in [3.05, 3.63) is 29.1 Å². The van der Waals surface area contributed by atoms with Gasteiger partial charge in [-0.3, -0.25) is 0 Å². The Morgan fingerprint density at radius 1 is 1.33 bits per heavy atom. The number of alkyl halides is 3. The lowest BCUT2D eigenvalue weighted by atomic mass is 10.1. The molecule has 0 amide bonds. The van der Waals surface area contributed by atoms with Crippen molar-refractivity contribution < 1.29 is 13.2 Å². The molecule has 1 aromatic rings. The average Bonchev–Trinajstić information content (AvgIpc) is 2.15. The van der Waals surface area contributed by atoms with Crippen molar-refractivity contribution in [1.82, 2.24) is 9.88 Å². The van der Waals surface area contributed by atoms with Crippen LogP contribution in [0.25, 0.3) is 0 Å². The van der Waals surface area contributed by atoms with Gasteiger partial charge in [0.1, 0.15) is 5.69 Å². The first-order chi connectivity index (χ1) is 6.97. The molecule has 2 heterocycles.